The minimum absolute atomic E-state index is 0.383. The molecule has 3 rings (SSSR count). The lowest BCUT2D eigenvalue weighted by Crippen LogP contribution is -2.07. The summed E-state index contributed by atoms with van der Waals surface area (Å²) in [6.07, 6.45) is 1.51. The van der Waals surface area contributed by atoms with Gasteiger partial charge in [-0.05, 0) is 18.2 Å². The van der Waals surface area contributed by atoms with Crippen molar-refractivity contribution in [3.05, 3.63) is 64.3 Å². The van der Waals surface area contributed by atoms with E-state index in [2.05, 4.69) is 25.8 Å². The van der Waals surface area contributed by atoms with E-state index in [0.717, 1.165) is 11.3 Å². The largest absolute Gasteiger partial charge is 0.496 e. The van der Waals surface area contributed by atoms with Crippen LogP contribution in [0.3, 0.4) is 0 Å². The first kappa shape index (κ1) is 17.3. The molecule has 8 heteroatoms. The summed E-state index contributed by atoms with van der Waals surface area (Å²) in [5.41, 5.74) is 1.63. The van der Waals surface area contributed by atoms with Gasteiger partial charge >= 0.3 is 0 Å². The number of benzene rings is 2. The number of hydrogen-bond acceptors (Lipinski definition) is 6. The van der Waals surface area contributed by atoms with Gasteiger partial charge in [0, 0.05) is 12.1 Å². The van der Waals surface area contributed by atoms with E-state index in [1.54, 1.807) is 25.3 Å². The van der Waals surface area contributed by atoms with Crippen LogP contribution in [0.4, 0.5) is 17.5 Å². The second-order valence-corrected chi connectivity index (χ2v) is 5.84. The van der Waals surface area contributed by atoms with Crippen molar-refractivity contribution in [1.29, 1.82) is 0 Å². The smallest absolute Gasteiger partial charge is 0.244 e. The van der Waals surface area contributed by atoms with Gasteiger partial charge in [-0.3, -0.25) is 0 Å². The number of para-hydroxylation sites is 1. The molecule has 3 aromatic rings. The van der Waals surface area contributed by atoms with E-state index < -0.39 is 0 Å². The number of hydrogen-bond donors (Lipinski definition) is 2. The van der Waals surface area contributed by atoms with Gasteiger partial charge in [0.15, 0.2) is 5.82 Å². The van der Waals surface area contributed by atoms with Gasteiger partial charge in [-0.2, -0.15) is 10.1 Å². The van der Waals surface area contributed by atoms with Crippen LogP contribution in [0, 0.1) is 0 Å². The van der Waals surface area contributed by atoms with Crippen molar-refractivity contribution in [2.45, 2.75) is 6.54 Å². The number of anilines is 3. The van der Waals surface area contributed by atoms with Gasteiger partial charge in [-0.1, -0.05) is 47.5 Å². The third kappa shape index (κ3) is 4.29. The highest BCUT2D eigenvalue weighted by molar-refractivity contribution is 6.43. The minimum atomic E-state index is 0.383. The molecule has 0 radical (unpaired) electrons. The fourth-order valence-electron chi connectivity index (χ4n) is 2.20. The summed E-state index contributed by atoms with van der Waals surface area (Å²) >= 11 is 12.2. The zero-order valence-electron chi connectivity index (χ0n) is 13.3. The Balaban J connectivity index is 1.72. The van der Waals surface area contributed by atoms with Crippen LogP contribution < -0.4 is 15.4 Å². The van der Waals surface area contributed by atoms with Crippen LogP contribution in [-0.2, 0) is 6.54 Å². The average Bonchev–Trinajstić information content (AvgIpc) is 2.64. The zero-order valence-corrected chi connectivity index (χ0v) is 14.8. The topological polar surface area (TPSA) is 72.0 Å². The molecular formula is C17H15Cl2N5O. The summed E-state index contributed by atoms with van der Waals surface area (Å²) in [7, 11) is 1.64. The molecule has 128 valence electrons. The Morgan fingerprint density at radius 1 is 1.08 bits per heavy atom. The van der Waals surface area contributed by atoms with Crippen molar-refractivity contribution >= 4 is 40.7 Å². The maximum Gasteiger partial charge on any atom is 0.244 e. The summed E-state index contributed by atoms with van der Waals surface area (Å²) in [6, 6.07) is 13.0. The minimum Gasteiger partial charge on any atom is -0.496 e. The summed E-state index contributed by atoms with van der Waals surface area (Å²) in [6.45, 7) is 0.507. The Morgan fingerprint density at radius 2 is 1.92 bits per heavy atom. The van der Waals surface area contributed by atoms with Crippen molar-refractivity contribution < 1.29 is 4.74 Å². The molecule has 2 N–H and O–H groups in total. The lowest BCUT2D eigenvalue weighted by Gasteiger charge is -2.11. The number of methoxy groups -OCH3 is 1. The predicted molar refractivity (Wildman–Crippen MR) is 99.9 cm³/mol. The van der Waals surface area contributed by atoms with Gasteiger partial charge in [0.2, 0.25) is 5.95 Å². The van der Waals surface area contributed by atoms with Crippen molar-refractivity contribution in [3.63, 3.8) is 0 Å². The molecule has 1 heterocycles. The number of ether oxygens (including phenoxy) is 1. The summed E-state index contributed by atoms with van der Waals surface area (Å²) < 4.78 is 5.32. The summed E-state index contributed by atoms with van der Waals surface area (Å²) in [5, 5.41) is 15.0. The summed E-state index contributed by atoms with van der Waals surface area (Å²) in [5.74, 6) is 1.68. The maximum absolute atomic E-state index is 6.17. The van der Waals surface area contributed by atoms with Gasteiger partial charge in [-0.25, -0.2) is 0 Å². The molecule has 0 aliphatic heterocycles. The number of nitrogens with one attached hydrogen (secondary N) is 2. The van der Waals surface area contributed by atoms with Crippen LogP contribution in [0.25, 0.3) is 0 Å². The average molecular weight is 376 g/mol. The molecule has 25 heavy (non-hydrogen) atoms. The molecule has 6 nitrogen and oxygen atoms in total. The van der Waals surface area contributed by atoms with Crippen LogP contribution in [0.1, 0.15) is 5.56 Å². The Hall–Kier alpha value is -2.57. The van der Waals surface area contributed by atoms with E-state index in [-0.39, 0.29) is 0 Å². The Kier molecular flexibility index (Phi) is 5.53. The van der Waals surface area contributed by atoms with E-state index in [0.29, 0.717) is 34.0 Å². The van der Waals surface area contributed by atoms with Gasteiger partial charge < -0.3 is 15.4 Å². The van der Waals surface area contributed by atoms with Crippen molar-refractivity contribution in [2.75, 3.05) is 17.7 Å². The van der Waals surface area contributed by atoms with E-state index in [1.807, 2.05) is 24.3 Å². The maximum atomic E-state index is 6.17. The van der Waals surface area contributed by atoms with Crippen molar-refractivity contribution in [2.24, 2.45) is 0 Å². The predicted octanol–water partition coefficient (Wildman–Crippen LogP) is 4.54. The number of nitrogens with zero attached hydrogens (tertiary/aromatic N) is 3. The highest BCUT2D eigenvalue weighted by Gasteiger charge is 2.07. The van der Waals surface area contributed by atoms with Crippen LogP contribution in [0.2, 0.25) is 10.0 Å². The van der Waals surface area contributed by atoms with E-state index in [9.17, 15) is 0 Å². The van der Waals surface area contributed by atoms with Gasteiger partial charge in [0.25, 0.3) is 0 Å². The fraction of sp³-hybridized carbons (Fsp3) is 0.118. The molecule has 0 spiro atoms. The second-order valence-electron chi connectivity index (χ2n) is 5.06. The molecule has 0 amide bonds. The van der Waals surface area contributed by atoms with Gasteiger partial charge in [0.1, 0.15) is 5.75 Å². The third-order valence-electron chi connectivity index (χ3n) is 3.40. The third-order valence-corrected chi connectivity index (χ3v) is 4.22. The Bertz CT molecular complexity index is 875. The van der Waals surface area contributed by atoms with Crippen LogP contribution in [0.5, 0.6) is 5.75 Å². The zero-order chi connectivity index (χ0) is 17.6. The van der Waals surface area contributed by atoms with E-state index >= 15 is 0 Å². The first-order valence-corrected chi connectivity index (χ1v) is 8.19. The SMILES string of the molecule is COc1ccccc1CNc1nncc(Nc2cccc(Cl)c2Cl)n1. The monoisotopic (exact) mass is 375 g/mol. The molecular weight excluding hydrogens is 361 g/mol. The fourth-order valence-corrected chi connectivity index (χ4v) is 2.55. The molecule has 0 aliphatic rings. The lowest BCUT2D eigenvalue weighted by molar-refractivity contribution is 0.410. The molecule has 2 aromatic carbocycles. The Morgan fingerprint density at radius 3 is 2.76 bits per heavy atom. The van der Waals surface area contributed by atoms with Gasteiger partial charge in [-0.15, -0.1) is 5.10 Å². The molecule has 0 atom stereocenters. The molecule has 0 saturated heterocycles. The molecule has 0 saturated carbocycles. The molecule has 0 aliphatic carbocycles. The van der Waals surface area contributed by atoms with Crippen LogP contribution >= 0.6 is 23.2 Å². The lowest BCUT2D eigenvalue weighted by atomic mass is 10.2. The quantitative estimate of drug-likeness (QED) is 0.658. The van der Waals surface area contributed by atoms with Crippen LogP contribution in [0.15, 0.2) is 48.7 Å². The first-order chi connectivity index (χ1) is 12.2. The van der Waals surface area contributed by atoms with Gasteiger partial charge in [0.05, 0.1) is 29.0 Å². The van der Waals surface area contributed by atoms with Crippen LogP contribution in [-0.4, -0.2) is 22.3 Å². The summed E-state index contributed by atoms with van der Waals surface area (Å²) in [4.78, 5) is 4.37. The molecule has 0 bridgehead atoms. The van der Waals surface area contributed by atoms with E-state index in [1.165, 1.54) is 6.20 Å². The normalized spacial score (nSPS) is 10.4. The number of aromatic nitrogens is 3. The number of halogens is 2. The highest BCUT2D eigenvalue weighted by Crippen LogP contribution is 2.31. The first-order valence-electron chi connectivity index (χ1n) is 7.44. The van der Waals surface area contributed by atoms with Crippen molar-refractivity contribution in [3.8, 4) is 5.75 Å². The van der Waals surface area contributed by atoms with E-state index in [4.69, 9.17) is 27.9 Å². The molecule has 0 fully saturated rings. The molecule has 1 aromatic heterocycles. The Labute approximate surface area is 155 Å². The number of rotatable bonds is 6. The highest BCUT2D eigenvalue weighted by atomic mass is 35.5. The standard InChI is InChI=1S/C17H15Cl2N5O/c1-25-14-8-3-2-5-11(14)9-20-17-23-15(10-21-24-17)22-13-7-4-6-12(18)16(13)19/h2-8,10H,9H2,1H3,(H2,20,22,23,24). The second kappa shape index (κ2) is 8.00. The molecule has 0 unspecified atom stereocenters. The van der Waals surface area contributed by atoms with Crippen molar-refractivity contribution in [1.82, 2.24) is 15.2 Å².